The lowest BCUT2D eigenvalue weighted by Crippen LogP contribution is -2.53. The minimum atomic E-state index is -0.740. The number of nitrogens with zero attached hydrogens (tertiary/aromatic N) is 1. The third-order valence-corrected chi connectivity index (χ3v) is 7.60. The molecule has 2 amide bonds. The van der Waals surface area contributed by atoms with Gasteiger partial charge in [-0.25, -0.2) is 4.39 Å². The molecular formula is C33H39FN2O3. The van der Waals surface area contributed by atoms with Crippen molar-refractivity contribution < 1.29 is 18.7 Å². The summed E-state index contributed by atoms with van der Waals surface area (Å²) < 4.78 is 19.7. The molecule has 1 fully saturated rings. The Balaban J connectivity index is 1.63. The quantitative estimate of drug-likeness (QED) is 0.339. The summed E-state index contributed by atoms with van der Waals surface area (Å²) >= 11 is 0. The molecular weight excluding hydrogens is 491 g/mol. The lowest BCUT2D eigenvalue weighted by atomic mass is 9.94. The van der Waals surface area contributed by atoms with Crippen molar-refractivity contribution in [3.05, 3.63) is 100 Å². The SMILES string of the molecule is Cc1cc(C)c(C)c(OCC(=O)N(Cc2ccc(F)cc2)C(Cc2ccccc2)C(=O)NC2CCCCC2)c1. The summed E-state index contributed by atoms with van der Waals surface area (Å²) in [6, 6.07) is 19.2. The van der Waals surface area contributed by atoms with Gasteiger partial charge in [-0.15, -0.1) is 0 Å². The molecule has 0 bridgehead atoms. The van der Waals surface area contributed by atoms with E-state index in [1.54, 1.807) is 17.0 Å². The van der Waals surface area contributed by atoms with Crippen molar-refractivity contribution in [2.45, 2.75) is 77.9 Å². The number of carbonyl (C=O) groups excluding carboxylic acids is 2. The van der Waals surface area contributed by atoms with Crippen LogP contribution in [-0.4, -0.2) is 35.4 Å². The molecule has 0 radical (unpaired) electrons. The second-order valence-electron chi connectivity index (χ2n) is 10.7. The fourth-order valence-corrected chi connectivity index (χ4v) is 5.26. The van der Waals surface area contributed by atoms with Crippen molar-refractivity contribution in [2.75, 3.05) is 6.61 Å². The van der Waals surface area contributed by atoms with Gasteiger partial charge in [0.1, 0.15) is 17.6 Å². The molecule has 0 aromatic heterocycles. The van der Waals surface area contributed by atoms with E-state index >= 15 is 0 Å². The predicted octanol–water partition coefficient (Wildman–Crippen LogP) is 6.22. The van der Waals surface area contributed by atoms with E-state index in [2.05, 4.69) is 11.4 Å². The summed E-state index contributed by atoms with van der Waals surface area (Å²) in [6.45, 7) is 5.95. The van der Waals surface area contributed by atoms with Crippen molar-refractivity contribution in [1.29, 1.82) is 0 Å². The van der Waals surface area contributed by atoms with Gasteiger partial charge in [-0.2, -0.15) is 0 Å². The van der Waals surface area contributed by atoms with E-state index in [0.29, 0.717) is 12.2 Å². The highest BCUT2D eigenvalue weighted by molar-refractivity contribution is 5.88. The Morgan fingerprint density at radius 2 is 1.64 bits per heavy atom. The second-order valence-corrected chi connectivity index (χ2v) is 10.7. The normalized spacial score (nSPS) is 14.5. The number of hydrogen-bond acceptors (Lipinski definition) is 3. The molecule has 1 N–H and O–H groups in total. The highest BCUT2D eigenvalue weighted by Gasteiger charge is 2.32. The summed E-state index contributed by atoms with van der Waals surface area (Å²) in [5, 5.41) is 3.23. The number of hydrogen-bond donors (Lipinski definition) is 1. The highest BCUT2D eigenvalue weighted by Crippen LogP contribution is 2.24. The zero-order valence-corrected chi connectivity index (χ0v) is 23.2. The van der Waals surface area contributed by atoms with Gasteiger partial charge in [-0.3, -0.25) is 9.59 Å². The minimum absolute atomic E-state index is 0.112. The second kappa shape index (κ2) is 13.4. The van der Waals surface area contributed by atoms with Gasteiger partial charge in [-0.1, -0.05) is 67.8 Å². The van der Waals surface area contributed by atoms with Crippen LogP contribution >= 0.6 is 0 Å². The van der Waals surface area contributed by atoms with Crippen LogP contribution in [0.25, 0.3) is 0 Å². The van der Waals surface area contributed by atoms with E-state index < -0.39 is 6.04 Å². The van der Waals surface area contributed by atoms with E-state index in [-0.39, 0.29) is 36.8 Å². The maximum atomic E-state index is 13.8. The fourth-order valence-electron chi connectivity index (χ4n) is 5.26. The van der Waals surface area contributed by atoms with Crippen LogP contribution in [0.4, 0.5) is 4.39 Å². The van der Waals surface area contributed by atoms with E-state index in [4.69, 9.17) is 4.74 Å². The molecule has 0 heterocycles. The summed E-state index contributed by atoms with van der Waals surface area (Å²) in [4.78, 5) is 29.3. The van der Waals surface area contributed by atoms with Crippen LogP contribution in [-0.2, 0) is 22.6 Å². The maximum Gasteiger partial charge on any atom is 0.261 e. The van der Waals surface area contributed by atoms with Crippen LogP contribution in [0, 0.1) is 26.6 Å². The lowest BCUT2D eigenvalue weighted by Gasteiger charge is -2.33. The predicted molar refractivity (Wildman–Crippen MR) is 152 cm³/mol. The van der Waals surface area contributed by atoms with Gasteiger partial charge in [0, 0.05) is 19.0 Å². The number of carbonyl (C=O) groups is 2. The summed E-state index contributed by atoms with van der Waals surface area (Å²) in [7, 11) is 0. The van der Waals surface area contributed by atoms with Gasteiger partial charge in [0.25, 0.3) is 5.91 Å². The molecule has 0 saturated heterocycles. The number of amides is 2. The minimum Gasteiger partial charge on any atom is -0.483 e. The largest absolute Gasteiger partial charge is 0.483 e. The van der Waals surface area contributed by atoms with Gasteiger partial charge in [0.15, 0.2) is 6.61 Å². The first-order valence-electron chi connectivity index (χ1n) is 13.9. The number of halogens is 1. The molecule has 0 spiro atoms. The molecule has 1 aliphatic carbocycles. The van der Waals surface area contributed by atoms with Crippen molar-refractivity contribution >= 4 is 11.8 Å². The smallest absolute Gasteiger partial charge is 0.261 e. The number of benzene rings is 3. The van der Waals surface area contributed by atoms with Gasteiger partial charge < -0.3 is 15.0 Å². The van der Waals surface area contributed by atoms with Crippen molar-refractivity contribution in [1.82, 2.24) is 10.2 Å². The Labute approximate surface area is 231 Å². The average molecular weight is 531 g/mol. The molecule has 1 atom stereocenters. The molecule has 4 rings (SSSR count). The van der Waals surface area contributed by atoms with Gasteiger partial charge >= 0.3 is 0 Å². The molecule has 5 nitrogen and oxygen atoms in total. The van der Waals surface area contributed by atoms with Crippen LogP contribution < -0.4 is 10.1 Å². The maximum absolute atomic E-state index is 13.8. The molecule has 0 aliphatic heterocycles. The van der Waals surface area contributed by atoms with E-state index in [1.807, 2.05) is 57.2 Å². The molecule has 206 valence electrons. The molecule has 1 unspecified atom stereocenters. The summed E-state index contributed by atoms with van der Waals surface area (Å²) in [5.41, 5.74) is 4.83. The molecule has 3 aromatic rings. The van der Waals surface area contributed by atoms with Crippen LogP contribution in [0.3, 0.4) is 0 Å². The van der Waals surface area contributed by atoms with E-state index in [9.17, 15) is 14.0 Å². The van der Waals surface area contributed by atoms with Gasteiger partial charge in [0.05, 0.1) is 0 Å². The Morgan fingerprint density at radius 1 is 0.949 bits per heavy atom. The summed E-state index contributed by atoms with van der Waals surface area (Å²) in [5.74, 6) is -0.142. The molecule has 1 aliphatic rings. The first kappa shape index (κ1) is 28.3. The third kappa shape index (κ3) is 7.92. The van der Waals surface area contributed by atoms with E-state index in [1.165, 1.54) is 18.6 Å². The van der Waals surface area contributed by atoms with Crippen molar-refractivity contribution in [2.24, 2.45) is 0 Å². The zero-order valence-electron chi connectivity index (χ0n) is 23.2. The zero-order chi connectivity index (χ0) is 27.8. The molecule has 6 heteroatoms. The standard InChI is InChI=1S/C33H39FN2O3/c1-23-18-24(2)25(3)31(19-23)39-22-32(37)36(21-27-14-16-28(34)17-15-27)30(20-26-10-6-4-7-11-26)33(38)35-29-12-8-5-9-13-29/h4,6-7,10-11,14-19,29-30H,5,8-9,12-13,20-22H2,1-3H3,(H,35,38). The van der Waals surface area contributed by atoms with E-state index in [0.717, 1.165) is 53.5 Å². The third-order valence-electron chi connectivity index (χ3n) is 7.60. The first-order chi connectivity index (χ1) is 18.8. The number of ether oxygens (including phenoxy) is 1. The lowest BCUT2D eigenvalue weighted by molar-refractivity contribution is -0.143. The van der Waals surface area contributed by atoms with Crippen molar-refractivity contribution in [3.8, 4) is 5.75 Å². The number of aryl methyl sites for hydroxylation is 2. The van der Waals surface area contributed by atoms with Gasteiger partial charge in [-0.05, 0) is 79.6 Å². The molecule has 1 saturated carbocycles. The number of rotatable bonds is 10. The molecule has 39 heavy (non-hydrogen) atoms. The molecule has 3 aromatic carbocycles. The highest BCUT2D eigenvalue weighted by atomic mass is 19.1. The fraction of sp³-hybridized carbons (Fsp3) is 0.394. The Hall–Kier alpha value is -3.67. The van der Waals surface area contributed by atoms with Crippen LogP contribution in [0.15, 0.2) is 66.7 Å². The Bertz CT molecular complexity index is 1250. The van der Waals surface area contributed by atoms with Crippen LogP contribution in [0.1, 0.15) is 59.9 Å². The van der Waals surface area contributed by atoms with Crippen molar-refractivity contribution in [3.63, 3.8) is 0 Å². The Kier molecular flexibility index (Phi) is 9.74. The topological polar surface area (TPSA) is 58.6 Å². The first-order valence-corrected chi connectivity index (χ1v) is 13.9. The van der Waals surface area contributed by atoms with Crippen LogP contribution in [0.2, 0.25) is 0 Å². The Morgan fingerprint density at radius 3 is 2.33 bits per heavy atom. The number of nitrogens with one attached hydrogen (secondary N) is 1. The van der Waals surface area contributed by atoms with Gasteiger partial charge in [0.2, 0.25) is 5.91 Å². The summed E-state index contributed by atoms with van der Waals surface area (Å²) in [6.07, 6.45) is 5.64. The average Bonchev–Trinajstić information content (AvgIpc) is 2.93. The monoisotopic (exact) mass is 530 g/mol. The van der Waals surface area contributed by atoms with Crippen LogP contribution in [0.5, 0.6) is 5.75 Å².